The average Bonchev–Trinajstić information content (AvgIpc) is 2.80. The summed E-state index contributed by atoms with van der Waals surface area (Å²) < 4.78 is 0.830. The van der Waals surface area contributed by atoms with Gasteiger partial charge < -0.3 is 5.11 Å². The Labute approximate surface area is 105 Å². The van der Waals surface area contributed by atoms with E-state index in [2.05, 4.69) is 36.6 Å². The van der Waals surface area contributed by atoms with E-state index in [-0.39, 0.29) is 6.42 Å². The van der Waals surface area contributed by atoms with Gasteiger partial charge in [0.2, 0.25) is 0 Å². The number of aliphatic carboxylic acids is 1. The Morgan fingerprint density at radius 1 is 1.47 bits per heavy atom. The number of aromatic amines is 1. The Morgan fingerprint density at radius 2 is 2.24 bits per heavy atom. The minimum atomic E-state index is -0.907. The van der Waals surface area contributed by atoms with Crippen LogP contribution in [0.5, 0.6) is 0 Å². The molecule has 1 aromatic carbocycles. The quantitative estimate of drug-likeness (QED) is 0.893. The predicted molar refractivity (Wildman–Crippen MR) is 62.4 cm³/mol. The van der Waals surface area contributed by atoms with E-state index in [9.17, 15) is 4.79 Å². The zero-order chi connectivity index (χ0) is 12.3. The van der Waals surface area contributed by atoms with Crippen molar-refractivity contribution in [1.29, 1.82) is 0 Å². The normalized spacial score (nSPS) is 12.3. The zero-order valence-electron chi connectivity index (χ0n) is 8.67. The van der Waals surface area contributed by atoms with Crippen LogP contribution in [-0.4, -0.2) is 31.7 Å². The van der Waals surface area contributed by atoms with Gasteiger partial charge in [0.15, 0.2) is 5.82 Å². The fraction of sp³-hybridized carbons (Fsp3) is 0.200. The molecule has 2 rings (SSSR count). The van der Waals surface area contributed by atoms with E-state index in [0.717, 1.165) is 10.0 Å². The number of nitrogens with one attached hydrogen (secondary N) is 1. The smallest absolute Gasteiger partial charge is 0.304 e. The van der Waals surface area contributed by atoms with Crippen LogP contribution < -0.4 is 0 Å². The molecule has 0 radical (unpaired) electrons. The molecule has 0 saturated heterocycles. The molecule has 0 fully saturated rings. The molecule has 1 aromatic heterocycles. The molecule has 0 amide bonds. The maximum Gasteiger partial charge on any atom is 0.304 e. The molecule has 88 valence electrons. The summed E-state index contributed by atoms with van der Waals surface area (Å²) in [5.74, 6) is -0.948. The highest BCUT2D eigenvalue weighted by atomic mass is 79.9. The second kappa shape index (κ2) is 5.05. The summed E-state index contributed by atoms with van der Waals surface area (Å²) in [6.45, 7) is 0. The summed E-state index contributed by atoms with van der Waals surface area (Å²) >= 11 is 3.39. The van der Waals surface area contributed by atoms with E-state index in [1.165, 1.54) is 0 Å². The van der Waals surface area contributed by atoms with Crippen molar-refractivity contribution in [3.05, 3.63) is 40.1 Å². The largest absolute Gasteiger partial charge is 0.481 e. The van der Waals surface area contributed by atoms with E-state index in [1.807, 2.05) is 24.3 Å². The summed E-state index contributed by atoms with van der Waals surface area (Å²) in [5, 5.41) is 22.4. The van der Waals surface area contributed by atoms with E-state index >= 15 is 0 Å². The highest BCUT2D eigenvalue weighted by Crippen LogP contribution is 2.30. The summed E-state index contributed by atoms with van der Waals surface area (Å²) in [6, 6.07) is 7.40. The number of carboxylic acid groups (broad SMARTS) is 1. The summed E-state index contributed by atoms with van der Waals surface area (Å²) in [6.07, 6.45) is -0.0812. The Hall–Kier alpha value is -1.76. The standard InChI is InChI=1S/C10H9BrN4O2/c11-8-4-2-1-3-6(8)7(5-9(16)17)10-12-14-15-13-10/h1-4,7H,5H2,(H,16,17)(H,12,13,14,15). The monoisotopic (exact) mass is 296 g/mol. The first kappa shape index (κ1) is 11.7. The van der Waals surface area contributed by atoms with Crippen molar-refractivity contribution in [2.45, 2.75) is 12.3 Å². The average molecular weight is 297 g/mol. The Bertz CT molecular complexity index is 515. The van der Waals surface area contributed by atoms with Crippen LogP contribution in [0.3, 0.4) is 0 Å². The van der Waals surface area contributed by atoms with E-state index in [1.54, 1.807) is 0 Å². The molecule has 0 saturated carbocycles. The molecule has 7 heteroatoms. The van der Waals surface area contributed by atoms with Crippen molar-refractivity contribution >= 4 is 21.9 Å². The van der Waals surface area contributed by atoms with Crippen LogP contribution >= 0.6 is 15.9 Å². The zero-order valence-corrected chi connectivity index (χ0v) is 10.3. The van der Waals surface area contributed by atoms with E-state index < -0.39 is 11.9 Å². The van der Waals surface area contributed by atoms with Crippen molar-refractivity contribution in [3.8, 4) is 0 Å². The first-order chi connectivity index (χ1) is 8.18. The molecule has 1 unspecified atom stereocenters. The lowest BCUT2D eigenvalue weighted by Crippen LogP contribution is -2.10. The lowest BCUT2D eigenvalue weighted by atomic mass is 9.95. The van der Waals surface area contributed by atoms with Crippen LogP contribution in [0, 0.1) is 0 Å². The highest BCUT2D eigenvalue weighted by molar-refractivity contribution is 9.10. The number of tetrazole rings is 1. The molecule has 2 N–H and O–H groups in total. The Morgan fingerprint density at radius 3 is 2.82 bits per heavy atom. The lowest BCUT2D eigenvalue weighted by Gasteiger charge is -2.12. The van der Waals surface area contributed by atoms with Gasteiger partial charge in [-0.15, -0.1) is 10.2 Å². The van der Waals surface area contributed by atoms with Crippen LogP contribution in [0.25, 0.3) is 0 Å². The minimum Gasteiger partial charge on any atom is -0.481 e. The van der Waals surface area contributed by atoms with Gasteiger partial charge in [0.25, 0.3) is 0 Å². The highest BCUT2D eigenvalue weighted by Gasteiger charge is 2.23. The van der Waals surface area contributed by atoms with E-state index in [4.69, 9.17) is 5.11 Å². The molecule has 17 heavy (non-hydrogen) atoms. The molecule has 1 heterocycles. The van der Waals surface area contributed by atoms with Gasteiger partial charge in [0.1, 0.15) is 0 Å². The number of rotatable bonds is 4. The Balaban J connectivity index is 2.41. The topological polar surface area (TPSA) is 91.8 Å². The molecule has 2 aromatic rings. The molecule has 0 aliphatic heterocycles. The summed E-state index contributed by atoms with van der Waals surface area (Å²) in [5.41, 5.74) is 0.830. The molecule has 0 aliphatic rings. The summed E-state index contributed by atoms with van der Waals surface area (Å²) in [7, 11) is 0. The van der Waals surface area contributed by atoms with Gasteiger partial charge in [-0.05, 0) is 11.6 Å². The maximum absolute atomic E-state index is 10.9. The number of hydrogen-bond donors (Lipinski definition) is 2. The van der Waals surface area contributed by atoms with Crippen molar-refractivity contribution < 1.29 is 9.90 Å². The third kappa shape index (κ3) is 2.68. The van der Waals surface area contributed by atoms with Crippen molar-refractivity contribution in [2.75, 3.05) is 0 Å². The van der Waals surface area contributed by atoms with Gasteiger partial charge in [-0.1, -0.05) is 39.3 Å². The second-order valence-corrected chi connectivity index (χ2v) is 4.30. The molecule has 0 bridgehead atoms. The van der Waals surface area contributed by atoms with Gasteiger partial charge in [0.05, 0.1) is 12.3 Å². The number of hydrogen-bond acceptors (Lipinski definition) is 4. The minimum absolute atomic E-state index is 0.0812. The molecule has 6 nitrogen and oxygen atoms in total. The van der Waals surface area contributed by atoms with Crippen LogP contribution in [-0.2, 0) is 4.79 Å². The van der Waals surface area contributed by atoms with Crippen molar-refractivity contribution in [3.63, 3.8) is 0 Å². The maximum atomic E-state index is 10.9. The molecule has 0 spiro atoms. The first-order valence-electron chi connectivity index (χ1n) is 4.88. The van der Waals surface area contributed by atoms with Gasteiger partial charge in [-0.2, -0.15) is 5.21 Å². The number of halogens is 1. The molecular formula is C10H9BrN4O2. The van der Waals surface area contributed by atoms with Crippen molar-refractivity contribution in [2.24, 2.45) is 0 Å². The molecule has 0 aliphatic carbocycles. The number of benzene rings is 1. The van der Waals surface area contributed by atoms with Gasteiger partial charge in [-0.3, -0.25) is 4.79 Å². The van der Waals surface area contributed by atoms with Crippen LogP contribution in [0.2, 0.25) is 0 Å². The number of aromatic nitrogens is 4. The third-order valence-corrected chi connectivity index (χ3v) is 3.05. The fourth-order valence-electron chi connectivity index (χ4n) is 1.59. The van der Waals surface area contributed by atoms with Crippen LogP contribution in [0.4, 0.5) is 0 Å². The molecular weight excluding hydrogens is 288 g/mol. The lowest BCUT2D eigenvalue weighted by molar-refractivity contribution is -0.137. The summed E-state index contributed by atoms with van der Waals surface area (Å²) in [4.78, 5) is 10.9. The fourth-order valence-corrected chi connectivity index (χ4v) is 2.15. The number of carbonyl (C=O) groups is 1. The van der Waals surface area contributed by atoms with Crippen LogP contribution in [0.1, 0.15) is 23.7 Å². The molecule has 1 atom stereocenters. The Kier molecular flexibility index (Phi) is 3.48. The van der Waals surface area contributed by atoms with Crippen LogP contribution in [0.15, 0.2) is 28.7 Å². The predicted octanol–water partition coefficient (Wildman–Crippen LogP) is 1.57. The third-order valence-electron chi connectivity index (χ3n) is 2.33. The number of nitrogens with zero attached hydrogens (tertiary/aromatic N) is 3. The number of H-pyrrole nitrogens is 1. The van der Waals surface area contributed by atoms with Gasteiger partial charge >= 0.3 is 5.97 Å². The number of carboxylic acids is 1. The first-order valence-corrected chi connectivity index (χ1v) is 5.67. The van der Waals surface area contributed by atoms with Gasteiger partial charge in [-0.25, -0.2) is 0 Å². The second-order valence-electron chi connectivity index (χ2n) is 3.44. The van der Waals surface area contributed by atoms with E-state index in [0.29, 0.717) is 5.82 Å². The van der Waals surface area contributed by atoms with Gasteiger partial charge in [0, 0.05) is 4.47 Å². The SMILES string of the molecule is O=C(O)CC(c1nn[nH]n1)c1ccccc1Br. The van der Waals surface area contributed by atoms with Crippen molar-refractivity contribution in [1.82, 2.24) is 20.6 Å².